The fourth-order valence-corrected chi connectivity index (χ4v) is 2.77. The lowest BCUT2D eigenvalue weighted by molar-refractivity contribution is -0.133. The number of carbonyl (C=O) groups excluding carboxylic acids is 1. The minimum absolute atomic E-state index is 0.155. The van der Waals surface area contributed by atoms with E-state index >= 15 is 0 Å². The van der Waals surface area contributed by atoms with Crippen molar-refractivity contribution in [2.75, 3.05) is 32.7 Å². The monoisotopic (exact) mass is 239 g/mol. The molecule has 1 saturated heterocycles. The van der Waals surface area contributed by atoms with Crippen molar-refractivity contribution in [3.8, 4) is 0 Å². The van der Waals surface area contributed by atoms with Gasteiger partial charge in [-0.05, 0) is 11.4 Å². The van der Waals surface area contributed by atoms with E-state index in [1.807, 2.05) is 22.4 Å². The van der Waals surface area contributed by atoms with Crippen LogP contribution in [0.2, 0.25) is 0 Å². The molecule has 0 saturated carbocycles. The molecular formula is C11H17N3OS. The fourth-order valence-electron chi connectivity index (χ4n) is 1.93. The Labute approximate surface area is 99.4 Å². The molecule has 2 heterocycles. The molecule has 1 fully saturated rings. The zero-order chi connectivity index (χ0) is 11.4. The second kappa shape index (κ2) is 5.43. The van der Waals surface area contributed by atoms with Gasteiger partial charge in [0.2, 0.25) is 5.91 Å². The van der Waals surface area contributed by atoms with Crippen LogP contribution in [0.4, 0.5) is 0 Å². The Hall–Kier alpha value is -0.910. The lowest BCUT2D eigenvalue weighted by atomic mass is 10.1. The Bertz CT molecular complexity index is 333. The first-order chi connectivity index (χ1) is 7.83. The first-order valence-corrected chi connectivity index (χ1v) is 6.44. The molecule has 4 nitrogen and oxygen atoms in total. The van der Waals surface area contributed by atoms with E-state index in [1.54, 1.807) is 11.3 Å². The number of thiophene rings is 1. The van der Waals surface area contributed by atoms with Gasteiger partial charge in [-0.3, -0.25) is 4.79 Å². The number of rotatable bonds is 3. The Balaban J connectivity index is 2.06. The lowest BCUT2D eigenvalue weighted by Crippen LogP contribution is -2.48. The second-order valence-electron chi connectivity index (χ2n) is 3.88. The Kier molecular flexibility index (Phi) is 3.93. The number of nitrogens with zero attached hydrogens (tertiary/aromatic N) is 1. The quantitative estimate of drug-likeness (QED) is 0.793. The van der Waals surface area contributed by atoms with E-state index in [2.05, 4.69) is 5.32 Å². The van der Waals surface area contributed by atoms with Crippen LogP contribution in [0.1, 0.15) is 10.8 Å². The molecule has 1 aromatic rings. The highest BCUT2D eigenvalue weighted by molar-refractivity contribution is 7.10. The average Bonchev–Trinajstić information content (AvgIpc) is 2.85. The zero-order valence-electron chi connectivity index (χ0n) is 9.19. The van der Waals surface area contributed by atoms with Crippen LogP contribution in [-0.4, -0.2) is 43.5 Å². The predicted molar refractivity (Wildman–Crippen MR) is 65.6 cm³/mol. The van der Waals surface area contributed by atoms with E-state index in [0.717, 1.165) is 31.1 Å². The van der Waals surface area contributed by atoms with E-state index in [0.29, 0.717) is 6.54 Å². The van der Waals surface area contributed by atoms with Crippen LogP contribution >= 0.6 is 11.3 Å². The van der Waals surface area contributed by atoms with E-state index in [4.69, 9.17) is 5.73 Å². The summed E-state index contributed by atoms with van der Waals surface area (Å²) in [5, 5.41) is 5.23. The number of piperazine rings is 1. The van der Waals surface area contributed by atoms with Crippen molar-refractivity contribution in [1.29, 1.82) is 0 Å². The molecule has 2 rings (SSSR count). The van der Waals surface area contributed by atoms with Gasteiger partial charge in [0.1, 0.15) is 0 Å². The van der Waals surface area contributed by atoms with Crippen molar-refractivity contribution >= 4 is 17.2 Å². The summed E-state index contributed by atoms with van der Waals surface area (Å²) >= 11 is 1.60. The van der Waals surface area contributed by atoms with Crippen molar-refractivity contribution < 1.29 is 4.79 Å². The molecule has 3 N–H and O–H groups in total. The number of hydrogen-bond acceptors (Lipinski definition) is 4. The minimum atomic E-state index is -0.155. The highest BCUT2D eigenvalue weighted by atomic mass is 32.1. The van der Waals surface area contributed by atoms with E-state index in [-0.39, 0.29) is 11.8 Å². The molecular weight excluding hydrogens is 222 g/mol. The second-order valence-corrected chi connectivity index (χ2v) is 4.86. The summed E-state index contributed by atoms with van der Waals surface area (Å²) in [4.78, 5) is 15.2. The number of nitrogens with two attached hydrogens (primary N) is 1. The van der Waals surface area contributed by atoms with E-state index < -0.39 is 0 Å². The van der Waals surface area contributed by atoms with Gasteiger partial charge in [-0.1, -0.05) is 6.07 Å². The van der Waals surface area contributed by atoms with Crippen LogP contribution in [-0.2, 0) is 4.79 Å². The van der Waals surface area contributed by atoms with Gasteiger partial charge >= 0.3 is 0 Å². The highest BCUT2D eigenvalue weighted by Gasteiger charge is 2.26. The fraction of sp³-hybridized carbons (Fsp3) is 0.545. The van der Waals surface area contributed by atoms with Crippen molar-refractivity contribution in [2.45, 2.75) is 5.92 Å². The van der Waals surface area contributed by atoms with Crippen molar-refractivity contribution in [1.82, 2.24) is 10.2 Å². The zero-order valence-corrected chi connectivity index (χ0v) is 10.0. The van der Waals surface area contributed by atoms with Crippen molar-refractivity contribution in [3.05, 3.63) is 22.4 Å². The summed E-state index contributed by atoms with van der Waals surface area (Å²) in [5.74, 6) is 0.0181. The molecule has 0 aliphatic carbocycles. The van der Waals surface area contributed by atoms with Gasteiger partial charge in [0.15, 0.2) is 0 Å². The van der Waals surface area contributed by atoms with Gasteiger partial charge < -0.3 is 16.0 Å². The minimum Gasteiger partial charge on any atom is -0.340 e. The molecule has 1 aliphatic rings. The van der Waals surface area contributed by atoms with Gasteiger partial charge in [0.05, 0.1) is 5.92 Å². The SMILES string of the molecule is NCC(C(=O)N1CCNCC1)c1cccs1. The molecule has 0 radical (unpaired) electrons. The maximum atomic E-state index is 12.3. The van der Waals surface area contributed by atoms with Crippen LogP contribution in [0.3, 0.4) is 0 Å². The van der Waals surface area contributed by atoms with Gasteiger partial charge in [-0.2, -0.15) is 0 Å². The molecule has 5 heteroatoms. The summed E-state index contributed by atoms with van der Waals surface area (Å²) in [6, 6.07) is 3.95. The van der Waals surface area contributed by atoms with E-state index in [9.17, 15) is 4.79 Å². The number of amides is 1. The van der Waals surface area contributed by atoms with Gasteiger partial charge in [-0.15, -0.1) is 11.3 Å². The molecule has 0 bridgehead atoms. The maximum absolute atomic E-state index is 12.3. The third-order valence-electron chi connectivity index (χ3n) is 2.85. The topological polar surface area (TPSA) is 58.4 Å². The number of nitrogens with one attached hydrogen (secondary N) is 1. The van der Waals surface area contributed by atoms with Crippen LogP contribution in [0.15, 0.2) is 17.5 Å². The molecule has 1 amide bonds. The summed E-state index contributed by atoms with van der Waals surface area (Å²) < 4.78 is 0. The summed E-state index contributed by atoms with van der Waals surface area (Å²) in [6.07, 6.45) is 0. The first kappa shape index (κ1) is 11.6. The smallest absolute Gasteiger partial charge is 0.232 e. The molecule has 1 aromatic heterocycles. The standard InChI is InChI=1S/C11H17N3OS/c12-8-9(10-2-1-7-16-10)11(15)14-5-3-13-4-6-14/h1-2,7,9,13H,3-6,8,12H2. The van der Waals surface area contributed by atoms with Gasteiger partial charge in [-0.25, -0.2) is 0 Å². The van der Waals surface area contributed by atoms with Crippen LogP contribution in [0.25, 0.3) is 0 Å². The third kappa shape index (κ3) is 2.42. The largest absolute Gasteiger partial charge is 0.340 e. The number of hydrogen-bond donors (Lipinski definition) is 2. The number of carbonyl (C=O) groups is 1. The van der Waals surface area contributed by atoms with Gasteiger partial charge in [0, 0.05) is 37.6 Å². The van der Waals surface area contributed by atoms with Crippen LogP contribution in [0, 0.1) is 0 Å². The summed E-state index contributed by atoms with van der Waals surface area (Å²) in [6.45, 7) is 3.74. The molecule has 16 heavy (non-hydrogen) atoms. The van der Waals surface area contributed by atoms with E-state index in [1.165, 1.54) is 0 Å². The third-order valence-corrected chi connectivity index (χ3v) is 3.84. The molecule has 0 aromatic carbocycles. The average molecular weight is 239 g/mol. The first-order valence-electron chi connectivity index (χ1n) is 5.56. The van der Waals surface area contributed by atoms with Gasteiger partial charge in [0.25, 0.3) is 0 Å². The van der Waals surface area contributed by atoms with Crippen molar-refractivity contribution in [2.24, 2.45) is 5.73 Å². The Morgan fingerprint density at radius 1 is 1.56 bits per heavy atom. The Morgan fingerprint density at radius 3 is 2.88 bits per heavy atom. The maximum Gasteiger partial charge on any atom is 0.232 e. The normalized spacial score (nSPS) is 18.4. The Morgan fingerprint density at radius 2 is 2.31 bits per heavy atom. The highest BCUT2D eigenvalue weighted by Crippen LogP contribution is 2.22. The lowest BCUT2D eigenvalue weighted by Gasteiger charge is -2.30. The summed E-state index contributed by atoms with van der Waals surface area (Å²) in [5.41, 5.74) is 5.72. The summed E-state index contributed by atoms with van der Waals surface area (Å²) in [7, 11) is 0. The van der Waals surface area contributed by atoms with Crippen molar-refractivity contribution in [3.63, 3.8) is 0 Å². The van der Waals surface area contributed by atoms with Crippen LogP contribution in [0.5, 0.6) is 0 Å². The molecule has 0 spiro atoms. The molecule has 88 valence electrons. The molecule has 1 unspecified atom stereocenters. The van der Waals surface area contributed by atoms with Crippen LogP contribution < -0.4 is 11.1 Å². The molecule has 1 atom stereocenters. The predicted octanol–water partition coefficient (Wildman–Crippen LogP) is 0.222. The molecule has 1 aliphatic heterocycles.